The van der Waals surface area contributed by atoms with Gasteiger partial charge in [0.2, 0.25) is 5.43 Å². The maximum Gasteiger partial charge on any atom is 0.274 e. The number of aromatic nitrogens is 1. The molecule has 3 heterocycles. The van der Waals surface area contributed by atoms with Crippen LogP contribution in [-0.2, 0) is 11.3 Å². The first kappa shape index (κ1) is 20.6. The maximum absolute atomic E-state index is 13.8. The number of amides is 2. The number of fused-ring (bicyclic) bond motifs is 4. The fourth-order valence-electron chi connectivity index (χ4n) is 3.84. The summed E-state index contributed by atoms with van der Waals surface area (Å²) in [5.41, 5.74) is -2.63. The van der Waals surface area contributed by atoms with Crippen molar-refractivity contribution in [1.29, 1.82) is 0 Å². The van der Waals surface area contributed by atoms with E-state index in [9.17, 15) is 37.5 Å². The Balaban J connectivity index is 1.68. The van der Waals surface area contributed by atoms with E-state index in [1.807, 2.05) is 0 Å². The summed E-state index contributed by atoms with van der Waals surface area (Å²) in [7, 11) is 0. The minimum Gasteiger partial charge on any atom is -0.503 e. The predicted octanol–water partition coefficient (Wildman–Crippen LogP) is 1.26. The summed E-state index contributed by atoms with van der Waals surface area (Å²) in [4.78, 5) is 51.1. The van der Waals surface area contributed by atoms with E-state index in [0.717, 1.165) is 6.20 Å². The number of nitrogens with one attached hydrogen (secondary N) is 1. The number of rotatable bonds is 3. The van der Waals surface area contributed by atoms with Crippen LogP contribution in [-0.4, -0.2) is 45.3 Å². The minimum atomic E-state index is -1.22. The second kappa shape index (κ2) is 7.56. The molecule has 2 N–H and O–H groups in total. The monoisotopic (exact) mass is 435 g/mol. The Morgan fingerprint density at radius 1 is 1.16 bits per heavy atom. The zero-order chi connectivity index (χ0) is 22.4. The molecule has 0 radical (unpaired) electrons. The van der Waals surface area contributed by atoms with E-state index >= 15 is 0 Å². The molecule has 2 amide bonds. The molecule has 2 aliphatic heterocycles. The van der Waals surface area contributed by atoms with Crippen LogP contribution >= 0.6 is 0 Å². The number of carbonyl (C=O) groups is 3. The zero-order valence-corrected chi connectivity index (χ0v) is 16.0. The number of nitrogens with zero attached hydrogens (tertiary/aromatic N) is 2. The number of benzene rings is 1. The SMILES string of the molecule is O=C1CCN2CC(C1)n1cc(C(=O)NCc3c(F)cc(F)cc3F)c(=O)c(O)c1C2=O. The van der Waals surface area contributed by atoms with Crippen molar-refractivity contribution in [3.8, 4) is 5.75 Å². The third kappa shape index (κ3) is 3.56. The molecular formula is C20H16F3N3O5. The van der Waals surface area contributed by atoms with Crippen molar-refractivity contribution in [2.75, 3.05) is 13.1 Å². The van der Waals surface area contributed by atoms with Gasteiger partial charge in [-0.3, -0.25) is 19.2 Å². The Morgan fingerprint density at radius 3 is 2.52 bits per heavy atom. The molecule has 31 heavy (non-hydrogen) atoms. The number of Topliss-reactive ketones (excluding diaryl/α,β-unsaturated/α-hetero) is 1. The molecule has 1 saturated heterocycles. The van der Waals surface area contributed by atoms with Gasteiger partial charge < -0.3 is 19.9 Å². The topological polar surface area (TPSA) is 109 Å². The second-order valence-corrected chi connectivity index (χ2v) is 7.40. The van der Waals surface area contributed by atoms with Crippen molar-refractivity contribution >= 4 is 17.6 Å². The number of hydrogen-bond donors (Lipinski definition) is 2. The van der Waals surface area contributed by atoms with Crippen LogP contribution in [0.3, 0.4) is 0 Å². The molecule has 2 bridgehead atoms. The summed E-state index contributed by atoms with van der Waals surface area (Å²) in [5.74, 6) is -6.31. The average molecular weight is 435 g/mol. The molecule has 2 aromatic rings. The van der Waals surface area contributed by atoms with Crippen molar-refractivity contribution < 1.29 is 32.7 Å². The van der Waals surface area contributed by atoms with Crippen molar-refractivity contribution in [2.24, 2.45) is 0 Å². The Hall–Kier alpha value is -3.63. The second-order valence-electron chi connectivity index (χ2n) is 7.40. The summed E-state index contributed by atoms with van der Waals surface area (Å²) < 4.78 is 41.8. The van der Waals surface area contributed by atoms with Gasteiger partial charge in [-0.2, -0.15) is 0 Å². The van der Waals surface area contributed by atoms with Crippen LogP contribution < -0.4 is 10.7 Å². The quantitative estimate of drug-likeness (QED) is 0.755. The molecule has 1 atom stereocenters. The van der Waals surface area contributed by atoms with E-state index < -0.39 is 64.2 Å². The Morgan fingerprint density at radius 2 is 1.84 bits per heavy atom. The first-order valence-electron chi connectivity index (χ1n) is 9.38. The molecule has 11 heteroatoms. The first-order chi connectivity index (χ1) is 14.7. The fraction of sp³-hybridized carbons (Fsp3) is 0.300. The summed E-state index contributed by atoms with van der Waals surface area (Å²) >= 11 is 0. The van der Waals surface area contributed by atoms with Gasteiger partial charge in [0.15, 0.2) is 11.4 Å². The number of halogens is 3. The lowest BCUT2D eigenvalue weighted by molar-refractivity contribution is -0.119. The highest BCUT2D eigenvalue weighted by molar-refractivity contribution is 5.99. The molecule has 162 valence electrons. The Labute approximate surface area is 172 Å². The van der Waals surface area contributed by atoms with Crippen LogP contribution in [0.5, 0.6) is 5.75 Å². The highest BCUT2D eigenvalue weighted by atomic mass is 19.1. The zero-order valence-electron chi connectivity index (χ0n) is 16.0. The fourth-order valence-corrected chi connectivity index (χ4v) is 3.84. The van der Waals surface area contributed by atoms with Gasteiger partial charge in [0.25, 0.3) is 11.8 Å². The van der Waals surface area contributed by atoms with Gasteiger partial charge in [0.05, 0.1) is 6.04 Å². The lowest BCUT2D eigenvalue weighted by Crippen LogP contribution is -2.44. The lowest BCUT2D eigenvalue weighted by Gasteiger charge is -2.34. The number of aromatic hydroxyl groups is 1. The van der Waals surface area contributed by atoms with Gasteiger partial charge in [-0.15, -0.1) is 0 Å². The van der Waals surface area contributed by atoms with Crippen molar-refractivity contribution in [3.63, 3.8) is 0 Å². The molecule has 4 rings (SSSR count). The van der Waals surface area contributed by atoms with Gasteiger partial charge in [-0.1, -0.05) is 0 Å². The molecule has 0 aliphatic carbocycles. The molecule has 1 aromatic heterocycles. The van der Waals surface area contributed by atoms with Crippen molar-refractivity contribution in [1.82, 2.24) is 14.8 Å². The molecule has 1 fully saturated rings. The summed E-state index contributed by atoms with van der Waals surface area (Å²) in [5, 5.41) is 12.5. The molecule has 2 aliphatic rings. The van der Waals surface area contributed by atoms with Crippen molar-refractivity contribution in [2.45, 2.75) is 25.4 Å². The van der Waals surface area contributed by atoms with Gasteiger partial charge in [0, 0.05) is 56.4 Å². The highest BCUT2D eigenvalue weighted by Crippen LogP contribution is 2.30. The number of ketones is 1. The third-order valence-electron chi connectivity index (χ3n) is 5.42. The normalized spacial score (nSPS) is 17.9. The van der Waals surface area contributed by atoms with Crippen LogP contribution in [0, 0.1) is 17.5 Å². The number of carbonyl (C=O) groups excluding carboxylic acids is 3. The largest absolute Gasteiger partial charge is 0.503 e. The Bertz CT molecular complexity index is 1170. The van der Waals surface area contributed by atoms with E-state index in [2.05, 4.69) is 5.32 Å². The van der Waals surface area contributed by atoms with Crippen LogP contribution in [0.4, 0.5) is 13.2 Å². The molecule has 1 aromatic carbocycles. The minimum absolute atomic E-state index is 0.0478. The van der Waals surface area contributed by atoms with Gasteiger partial charge >= 0.3 is 0 Å². The lowest BCUT2D eigenvalue weighted by atomic mass is 10.0. The molecule has 1 unspecified atom stereocenters. The smallest absolute Gasteiger partial charge is 0.274 e. The van der Waals surface area contributed by atoms with E-state index in [4.69, 9.17) is 0 Å². The molecule has 0 spiro atoms. The van der Waals surface area contributed by atoms with Gasteiger partial charge in [0.1, 0.15) is 28.8 Å². The van der Waals surface area contributed by atoms with E-state index in [-0.39, 0.29) is 37.4 Å². The molecule has 8 nitrogen and oxygen atoms in total. The van der Waals surface area contributed by atoms with Crippen LogP contribution in [0.1, 0.15) is 45.3 Å². The van der Waals surface area contributed by atoms with E-state index in [1.165, 1.54) is 9.47 Å². The Kier molecular flexibility index (Phi) is 5.03. The standard InChI is InChI=1S/C20H16F3N3O5/c21-9-3-14(22)12(15(23)4-9)6-24-19(30)13-8-26-10-5-11(27)1-2-25(7-10)20(31)16(26)18(29)17(13)28/h3-4,8,10,29H,1-2,5-7H2,(H,24,30). The van der Waals surface area contributed by atoms with Crippen LogP contribution in [0.25, 0.3) is 0 Å². The average Bonchev–Trinajstić information content (AvgIpc) is 2.87. The van der Waals surface area contributed by atoms with Crippen LogP contribution in [0.15, 0.2) is 23.1 Å². The van der Waals surface area contributed by atoms with Crippen molar-refractivity contribution in [3.05, 3.63) is 62.8 Å². The van der Waals surface area contributed by atoms with Gasteiger partial charge in [-0.25, -0.2) is 13.2 Å². The van der Waals surface area contributed by atoms with Gasteiger partial charge in [-0.05, 0) is 0 Å². The third-order valence-corrected chi connectivity index (χ3v) is 5.42. The number of hydrogen-bond acceptors (Lipinski definition) is 5. The molecule has 0 saturated carbocycles. The van der Waals surface area contributed by atoms with E-state index in [0.29, 0.717) is 12.1 Å². The van der Waals surface area contributed by atoms with E-state index in [1.54, 1.807) is 0 Å². The summed E-state index contributed by atoms with van der Waals surface area (Å²) in [6.45, 7) is -0.348. The summed E-state index contributed by atoms with van der Waals surface area (Å²) in [6, 6.07) is 0.322. The highest BCUT2D eigenvalue weighted by Gasteiger charge is 2.38. The van der Waals surface area contributed by atoms with Crippen LogP contribution in [0.2, 0.25) is 0 Å². The molecular weight excluding hydrogens is 419 g/mol. The first-order valence-corrected chi connectivity index (χ1v) is 9.38. The maximum atomic E-state index is 13.8. The predicted molar refractivity (Wildman–Crippen MR) is 99.0 cm³/mol. The number of pyridine rings is 1. The summed E-state index contributed by atoms with van der Waals surface area (Å²) in [6.07, 6.45) is 1.25.